The zero-order valence-electron chi connectivity index (χ0n) is 12.1. The van der Waals surface area contributed by atoms with Gasteiger partial charge in [0, 0.05) is 32.2 Å². The summed E-state index contributed by atoms with van der Waals surface area (Å²) in [5, 5.41) is 4.50. The van der Waals surface area contributed by atoms with Crippen molar-refractivity contribution in [2.75, 3.05) is 0 Å². The second-order valence-electron chi connectivity index (χ2n) is 4.77. The quantitative estimate of drug-likeness (QED) is 0.565. The topological polar surface area (TPSA) is 35.6 Å². The average Bonchev–Trinajstić information content (AvgIpc) is 3.07. The van der Waals surface area contributed by atoms with Crippen LogP contribution in [0.4, 0.5) is 0 Å². The van der Waals surface area contributed by atoms with Crippen LogP contribution in [-0.2, 0) is 26.5 Å². The Morgan fingerprint density at radius 3 is 2.67 bits per heavy atom. The molecule has 21 heavy (non-hydrogen) atoms. The Morgan fingerprint density at radius 2 is 1.95 bits per heavy atom. The summed E-state index contributed by atoms with van der Waals surface area (Å²) < 4.78 is 3.91. The number of hydrogen-bond acceptors (Lipinski definition) is 2. The van der Waals surface area contributed by atoms with Crippen LogP contribution in [0.1, 0.15) is 24.9 Å². The van der Waals surface area contributed by atoms with E-state index in [4.69, 9.17) is 0 Å². The number of benzene rings is 1. The summed E-state index contributed by atoms with van der Waals surface area (Å²) in [6.07, 6.45) is 5.67. The van der Waals surface area contributed by atoms with Crippen LogP contribution in [0.5, 0.6) is 0 Å². The number of para-hydroxylation sites is 1. The maximum Gasteiger partial charge on any atom is 0.150 e. The van der Waals surface area contributed by atoms with Crippen molar-refractivity contribution in [2.45, 2.75) is 26.7 Å². The molecule has 0 aliphatic rings. The molecule has 1 radical (unpaired) electrons. The molecule has 2 aromatic heterocycles. The van der Waals surface area contributed by atoms with Crippen LogP contribution in [0.15, 0.2) is 42.9 Å². The molecule has 0 saturated heterocycles. The van der Waals surface area contributed by atoms with Gasteiger partial charge < -0.3 is 4.57 Å². The third-order valence-corrected chi connectivity index (χ3v) is 3.31. The summed E-state index contributed by atoms with van der Waals surface area (Å²) in [5.74, 6) is 0.882. The van der Waals surface area contributed by atoms with E-state index in [-0.39, 0.29) is 20.1 Å². The molecule has 3 aromatic rings. The first kappa shape index (κ1) is 15.7. The molecule has 0 bridgehead atoms. The summed E-state index contributed by atoms with van der Waals surface area (Å²) in [6.45, 7) is 4.20. The monoisotopic (exact) mass is 458 g/mol. The van der Waals surface area contributed by atoms with Crippen LogP contribution in [-0.4, -0.2) is 19.3 Å². The number of hydrogen-bond donors (Lipinski definition) is 0. The summed E-state index contributed by atoms with van der Waals surface area (Å²) in [6, 6.07) is 13.5. The van der Waals surface area contributed by atoms with E-state index in [9.17, 15) is 0 Å². The third-order valence-electron chi connectivity index (χ3n) is 3.31. The molecule has 0 saturated carbocycles. The average molecular weight is 458 g/mol. The normalized spacial score (nSPS) is 10.4. The van der Waals surface area contributed by atoms with Crippen molar-refractivity contribution < 1.29 is 20.1 Å². The van der Waals surface area contributed by atoms with Crippen molar-refractivity contribution in [1.82, 2.24) is 19.3 Å². The number of aryl methyl sites for hydroxylation is 1. The predicted octanol–water partition coefficient (Wildman–Crippen LogP) is 3.12. The zero-order chi connectivity index (χ0) is 13.9. The maximum absolute atomic E-state index is 4.50. The molecule has 0 spiro atoms. The molecule has 4 nitrogen and oxygen atoms in total. The molecular weight excluding hydrogens is 440 g/mol. The second-order valence-corrected chi connectivity index (χ2v) is 4.77. The molecule has 0 aliphatic heterocycles. The van der Waals surface area contributed by atoms with Gasteiger partial charge in [-0.3, -0.25) is 4.68 Å². The van der Waals surface area contributed by atoms with Gasteiger partial charge in [0.1, 0.15) is 6.33 Å². The smallest absolute Gasteiger partial charge is 0.150 e. The summed E-state index contributed by atoms with van der Waals surface area (Å²) >= 11 is 0. The summed E-state index contributed by atoms with van der Waals surface area (Å²) in [5.41, 5.74) is 3.18. The third kappa shape index (κ3) is 3.14. The van der Waals surface area contributed by atoms with Crippen LogP contribution < -0.4 is 0 Å². The predicted molar refractivity (Wildman–Crippen MR) is 78.3 cm³/mol. The summed E-state index contributed by atoms with van der Waals surface area (Å²) in [7, 11) is 0. The van der Waals surface area contributed by atoms with Gasteiger partial charge in [-0.25, -0.2) is 11.1 Å². The molecule has 0 unspecified atom stereocenters. The van der Waals surface area contributed by atoms with Gasteiger partial charge in [-0.2, -0.15) is 5.10 Å². The number of nitrogens with zero attached hydrogens (tertiary/aromatic N) is 4. The van der Waals surface area contributed by atoms with Crippen molar-refractivity contribution in [3.8, 4) is 11.4 Å². The Morgan fingerprint density at radius 1 is 1.19 bits per heavy atom. The van der Waals surface area contributed by atoms with E-state index >= 15 is 0 Å². The molecule has 5 heteroatoms. The molecule has 3 rings (SSSR count). The SMILES string of the molecule is CCCc1ncn(-c2[c-]cn(-c3ccccc3)c2C)n1.[Ir]. The van der Waals surface area contributed by atoms with Gasteiger partial charge in [-0.05, 0) is 18.6 Å². The van der Waals surface area contributed by atoms with E-state index < -0.39 is 0 Å². The molecule has 111 valence electrons. The first-order chi connectivity index (χ1) is 9.79. The van der Waals surface area contributed by atoms with Gasteiger partial charge in [0.2, 0.25) is 0 Å². The van der Waals surface area contributed by atoms with Gasteiger partial charge >= 0.3 is 0 Å². The van der Waals surface area contributed by atoms with Crippen molar-refractivity contribution in [1.29, 1.82) is 0 Å². The minimum atomic E-state index is 0. The second kappa shape index (κ2) is 6.83. The van der Waals surface area contributed by atoms with Crippen molar-refractivity contribution in [2.24, 2.45) is 0 Å². The number of aromatic nitrogens is 4. The van der Waals surface area contributed by atoms with Gasteiger partial charge in [-0.15, -0.1) is 5.69 Å². The van der Waals surface area contributed by atoms with Crippen LogP contribution in [0.2, 0.25) is 0 Å². The van der Waals surface area contributed by atoms with Crippen molar-refractivity contribution in [3.05, 3.63) is 60.4 Å². The minimum absolute atomic E-state index is 0. The van der Waals surface area contributed by atoms with Crippen molar-refractivity contribution in [3.63, 3.8) is 0 Å². The van der Waals surface area contributed by atoms with Gasteiger partial charge in [-0.1, -0.05) is 43.9 Å². The fourth-order valence-corrected chi connectivity index (χ4v) is 2.27. The Hall–Kier alpha value is -1.71. The van der Waals surface area contributed by atoms with Crippen LogP contribution in [0.25, 0.3) is 11.4 Å². The molecule has 0 atom stereocenters. The Kier molecular flexibility index (Phi) is 5.10. The zero-order valence-corrected chi connectivity index (χ0v) is 14.5. The fourth-order valence-electron chi connectivity index (χ4n) is 2.27. The first-order valence-corrected chi connectivity index (χ1v) is 6.85. The number of rotatable bonds is 4. The molecule has 0 fully saturated rings. The van der Waals surface area contributed by atoms with E-state index in [1.807, 2.05) is 24.4 Å². The molecular formula is C16H17IrN4-. The van der Waals surface area contributed by atoms with Crippen molar-refractivity contribution >= 4 is 0 Å². The van der Waals surface area contributed by atoms with E-state index in [0.29, 0.717) is 0 Å². The Bertz CT molecular complexity index is 700. The Labute approximate surface area is 138 Å². The fraction of sp³-hybridized carbons (Fsp3) is 0.250. The van der Waals surface area contributed by atoms with E-state index in [0.717, 1.165) is 35.7 Å². The van der Waals surface area contributed by atoms with E-state index in [2.05, 4.69) is 46.7 Å². The minimum Gasteiger partial charge on any atom is -0.416 e. The largest absolute Gasteiger partial charge is 0.416 e. The summed E-state index contributed by atoms with van der Waals surface area (Å²) in [4.78, 5) is 4.33. The van der Waals surface area contributed by atoms with Gasteiger partial charge in [0.05, 0.1) is 0 Å². The van der Waals surface area contributed by atoms with Gasteiger partial charge in [0.25, 0.3) is 0 Å². The maximum atomic E-state index is 4.50. The molecule has 0 N–H and O–H groups in total. The molecule has 0 amide bonds. The molecule has 1 aromatic carbocycles. The van der Waals surface area contributed by atoms with E-state index in [1.54, 1.807) is 11.0 Å². The molecule has 0 aliphatic carbocycles. The van der Waals surface area contributed by atoms with Gasteiger partial charge in [0.15, 0.2) is 5.82 Å². The van der Waals surface area contributed by atoms with Crippen LogP contribution >= 0.6 is 0 Å². The van der Waals surface area contributed by atoms with Crippen LogP contribution in [0.3, 0.4) is 0 Å². The Balaban J connectivity index is 0.00000161. The molecule has 2 heterocycles. The first-order valence-electron chi connectivity index (χ1n) is 6.85. The van der Waals surface area contributed by atoms with E-state index in [1.165, 1.54) is 0 Å². The van der Waals surface area contributed by atoms with Crippen LogP contribution in [0, 0.1) is 13.0 Å². The standard InChI is InChI=1S/C16H17N4.Ir/c1-3-7-16-17-12-20(18-16)15-10-11-19(13(15)2)14-8-5-4-6-9-14;/h4-6,8-9,11-12H,3,7H2,1-2H3;/q-1;.